The first-order chi connectivity index (χ1) is 8.67. The van der Waals surface area contributed by atoms with Gasteiger partial charge in [-0.25, -0.2) is 9.98 Å². The number of amidine groups is 3. The van der Waals surface area contributed by atoms with Gasteiger partial charge in [0.15, 0.2) is 11.7 Å². The van der Waals surface area contributed by atoms with Crippen LogP contribution in [0.1, 0.15) is 5.56 Å². The zero-order valence-corrected chi connectivity index (χ0v) is 10.0. The molecule has 0 aliphatic carbocycles. The molecule has 0 radical (unpaired) electrons. The zero-order valence-electron chi connectivity index (χ0n) is 10.0. The molecule has 0 bridgehead atoms. The van der Waals surface area contributed by atoms with Gasteiger partial charge < -0.3 is 11.5 Å². The molecule has 5 N–H and O–H groups in total. The molecule has 1 aromatic carbocycles. The predicted octanol–water partition coefficient (Wildman–Crippen LogP) is 0.579. The summed E-state index contributed by atoms with van der Waals surface area (Å²) in [5.41, 5.74) is 12.1. The van der Waals surface area contributed by atoms with Gasteiger partial charge in [-0.3, -0.25) is 10.4 Å². The molecule has 0 saturated carbocycles. The Bertz CT molecular complexity index is 475. The van der Waals surface area contributed by atoms with E-state index >= 15 is 0 Å². The number of nitrogens with one attached hydrogen (secondary N) is 1. The molecule has 0 heterocycles. The summed E-state index contributed by atoms with van der Waals surface area (Å²) < 4.78 is 0. The summed E-state index contributed by atoms with van der Waals surface area (Å²) in [5.74, 6) is 0.155. The molecule has 0 aromatic heterocycles. The van der Waals surface area contributed by atoms with Crippen LogP contribution in [-0.4, -0.2) is 30.8 Å². The summed E-state index contributed by atoms with van der Waals surface area (Å²) in [6, 6.07) is 9.71. The molecule has 0 fully saturated rings. The third-order valence-corrected chi connectivity index (χ3v) is 2.12. The van der Waals surface area contributed by atoms with E-state index in [0.717, 1.165) is 5.56 Å². The summed E-state index contributed by atoms with van der Waals surface area (Å²) in [6.45, 7) is 3.82. The second-order valence-corrected chi connectivity index (χ2v) is 3.43. The lowest BCUT2D eigenvalue weighted by Crippen LogP contribution is -2.25. The molecule has 0 aliphatic heterocycles. The summed E-state index contributed by atoms with van der Waals surface area (Å²) >= 11 is 0. The van der Waals surface area contributed by atoms with Crippen molar-refractivity contribution in [3.8, 4) is 0 Å². The van der Waals surface area contributed by atoms with Gasteiger partial charge in [0, 0.05) is 0 Å². The van der Waals surface area contributed by atoms with Crippen LogP contribution < -0.4 is 11.5 Å². The predicted molar refractivity (Wildman–Crippen MR) is 75.5 cm³/mol. The molecular weight excluding hydrogens is 228 g/mol. The number of rotatable bonds is 3. The lowest BCUT2D eigenvalue weighted by atomic mass is 10.2. The normalized spacial score (nSPS) is 12.3. The van der Waals surface area contributed by atoms with E-state index in [4.69, 9.17) is 16.9 Å². The van der Waals surface area contributed by atoms with E-state index in [1.807, 2.05) is 30.3 Å². The lowest BCUT2D eigenvalue weighted by molar-refractivity contribution is 1.04. The summed E-state index contributed by atoms with van der Waals surface area (Å²) in [4.78, 5) is 11.6. The average molecular weight is 244 g/mol. The van der Waals surface area contributed by atoms with E-state index in [9.17, 15) is 0 Å². The fraction of sp³-hybridized carbons (Fsp3) is 0.167. The molecule has 94 valence electrons. The van der Waals surface area contributed by atoms with Gasteiger partial charge in [0.05, 0.1) is 13.1 Å². The number of nitrogens with zero attached hydrogens (tertiary/aromatic N) is 3. The van der Waals surface area contributed by atoms with Gasteiger partial charge in [0.1, 0.15) is 5.84 Å². The van der Waals surface area contributed by atoms with Gasteiger partial charge >= 0.3 is 0 Å². The fourth-order valence-electron chi connectivity index (χ4n) is 1.18. The largest absolute Gasteiger partial charge is 0.381 e. The Morgan fingerprint density at radius 1 is 1.28 bits per heavy atom. The molecule has 0 amide bonds. The van der Waals surface area contributed by atoms with Crippen LogP contribution in [-0.2, 0) is 6.54 Å². The Labute approximate surface area is 106 Å². The molecule has 0 saturated heterocycles. The minimum Gasteiger partial charge on any atom is -0.381 e. The second-order valence-electron chi connectivity index (χ2n) is 3.43. The van der Waals surface area contributed by atoms with Gasteiger partial charge in [-0.1, -0.05) is 30.3 Å². The maximum Gasteiger partial charge on any atom is 0.187 e. The first kappa shape index (κ1) is 13.7. The Kier molecular flexibility index (Phi) is 5.40. The van der Waals surface area contributed by atoms with Crippen LogP contribution in [0.5, 0.6) is 0 Å². The molecule has 6 nitrogen and oxygen atoms in total. The van der Waals surface area contributed by atoms with Crippen molar-refractivity contribution in [3.63, 3.8) is 0 Å². The van der Waals surface area contributed by atoms with Gasteiger partial charge in [0.25, 0.3) is 0 Å². The molecular formula is C12H16N6. The molecule has 0 atom stereocenters. The quantitative estimate of drug-likeness (QED) is 0.533. The molecule has 6 heteroatoms. The number of aliphatic imine (C=N–C) groups is 3. The first-order valence-electron chi connectivity index (χ1n) is 5.34. The van der Waals surface area contributed by atoms with Gasteiger partial charge in [-0.05, 0) is 12.3 Å². The van der Waals surface area contributed by atoms with Crippen molar-refractivity contribution in [2.75, 3.05) is 6.54 Å². The lowest BCUT2D eigenvalue weighted by Gasteiger charge is -2.01. The smallest absolute Gasteiger partial charge is 0.187 e. The summed E-state index contributed by atoms with van der Waals surface area (Å²) in [6.07, 6.45) is 0. The maximum atomic E-state index is 7.33. The van der Waals surface area contributed by atoms with Crippen LogP contribution in [0.15, 0.2) is 45.3 Å². The molecule has 1 aromatic rings. The van der Waals surface area contributed by atoms with Gasteiger partial charge in [-0.15, -0.1) is 0 Å². The highest BCUT2D eigenvalue weighted by Crippen LogP contribution is 2.00. The van der Waals surface area contributed by atoms with Gasteiger partial charge in [-0.2, -0.15) is 0 Å². The number of nitrogens with two attached hydrogens (primary N) is 2. The van der Waals surface area contributed by atoms with Crippen molar-refractivity contribution in [2.45, 2.75) is 6.54 Å². The van der Waals surface area contributed by atoms with E-state index in [1.165, 1.54) is 0 Å². The Hall–Kier alpha value is -2.34. The van der Waals surface area contributed by atoms with E-state index < -0.39 is 0 Å². The standard InChI is InChI=1S/C12H16N6/c1-16-11(14)12(15)18-10(7-13)17-8-9-5-3-2-4-6-9/h2-6,14H,1,7-8,13H2,(H2,15,17,18). The molecule has 18 heavy (non-hydrogen) atoms. The highest BCUT2D eigenvalue weighted by Gasteiger charge is 2.01. The monoisotopic (exact) mass is 244 g/mol. The highest BCUT2D eigenvalue weighted by molar-refractivity contribution is 6.41. The Morgan fingerprint density at radius 3 is 2.50 bits per heavy atom. The van der Waals surface area contributed by atoms with Crippen molar-refractivity contribution in [3.05, 3.63) is 35.9 Å². The van der Waals surface area contributed by atoms with Crippen LogP contribution in [0.2, 0.25) is 0 Å². The second kappa shape index (κ2) is 7.08. The Balaban J connectivity index is 2.78. The van der Waals surface area contributed by atoms with E-state index in [2.05, 4.69) is 21.7 Å². The highest BCUT2D eigenvalue weighted by atomic mass is 15.0. The third-order valence-electron chi connectivity index (χ3n) is 2.12. The maximum absolute atomic E-state index is 7.33. The molecule has 1 rings (SSSR count). The van der Waals surface area contributed by atoms with Crippen LogP contribution >= 0.6 is 0 Å². The zero-order chi connectivity index (χ0) is 13.4. The minimum absolute atomic E-state index is 0.0396. The molecule has 0 unspecified atom stereocenters. The average Bonchev–Trinajstić information content (AvgIpc) is 2.43. The van der Waals surface area contributed by atoms with Crippen LogP contribution in [0, 0.1) is 5.41 Å². The van der Waals surface area contributed by atoms with Crippen molar-refractivity contribution in [1.29, 1.82) is 5.41 Å². The van der Waals surface area contributed by atoms with Crippen LogP contribution in [0.25, 0.3) is 0 Å². The number of hydrogen-bond donors (Lipinski definition) is 3. The van der Waals surface area contributed by atoms with Crippen molar-refractivity contribution in [1.82, 2.24) is 0 Å². The Morgan fingerprint density at radius 2 is 1.94 bits per heavy atom. The SMILES string of the molecule is C=NC(=N)C(N)=NC(CN)=NCc1ccccc1. The summed E-state index contributed by atoms with van der Waals surface area (Å²) in [7, 11) is 0. The van der Waals surface area contributed by atoms with Crippen LogP contribution in [0.3, 0.4) is 0 Å². The molecule has 0 aliphatic rings. The van der Waals surface area contributed by atoms with Crippen molar-refractivity contribution in [2.24, 2.45) is 26.4 Å². The number of benzene rings is 1. The van der Waals surface area contributed by atoms with E-state index in [0.29, 0.717) is 12.4 Å². The van der Waals surface area contributed by atoms with E-state index in [1.54, 1.807) is 0 Å². The third kappa shape index (κ3) is 4.26. The minimum atomic E-state index is -0.184. The number of hydrogen-bond acceptors (Lipinski definition) is 3. The van der Waals surface area contributed by atoms with Crippen molar-refractivity contribution >= 4 is 24.2 Å². The summed E-state index contributed by atoms with van der Waals surface area (Å²) in [5, 5.41) is 7.33. The van der Waals surface area contributed by atoms with Crippen LogP contribution in [0.4, 0.5) is 0 Å². The topological polar surface area (TPSA) is 113 Å². The first-order valence-corrected chi connectivity index (χ1v) is 5.34. The fourth-order valence-corrected chi connectivity index (χ4v) is 1.18. The van der Waals surface area contributed by atoms with E-state index in [-0.39, 0.29) is 18.2 Å². The van der Waals surface area contributed by atoms with Crippen molar-refractivity contribution < 1.29 is 0 Å². The van der Waals surface area contributed by atoms with Gasteiger partial charge in [0.2, 0.25) is 0 Å². The molecule has 0 spiro atoms.